The fourth-order valence-corrected chi connectivity index (χ4v) is 1.62. The Kier molecular flexibility index (Phi) is 2.87. The Hall–Kier alpha value is -1.55. The summed E-state index contributed by atoms with van der Waals surface area (Å²) >= 11 is 0. The van der Waals surface area contributed by atoms with Gasteiger partial charge in [0.25, 0.3) is 0 Å². The molecular weight excluding hydrogens is 190 g/mol. The Morgan fingerprint density at radius 2 is 2.33 bits per heavy atom. The van der Waals surface area contributed by atoms with Crippen molar-refractivity contribution in [1.29, 1.82) is 0 Å². The molecule has 0 atom stereocenters. The van der Waals surface area contributed by atoms with Gasteiger partial charge in [-0.25, -0.2) is 4.98 Å². The summed E-state index contributed by atoms with van der Waals surface area (Å²) in [6.07, 6.45) is 5.41. The normalized spacial score (nSPS) is 10.8. The molecule has 4 heteroatoms. The topological polar surface area (TPSA) is 57.0 Å². The molecule has 0 unspecified atom stereocenters. The first-order valence-electron chi connectivity index (χ1n) is 5.03. The van der Waals surface area contributed by atoms with E-state index >= 15 is 0 Å². The maximum Gasteiger partial charge on any atom is 0.122 e. The van der Waals surface area contributed by atoms with Gasteiger partial charge >= 0.3 is 0 Å². The van der Waals surface area contributed by atoms with Crippen LogP contribution in [0, 0.1) is 0 Å². The first-order chi connectivity index (χ1) is 7.31. The van der Waals surface area contributed by atoms with Gasteiger partial charge in [-0.1, -0.05) is 0 Å². The quantitative estimate of drug-likeness (QED) is 0.817. The van der Waals surface area contributed by atoms with E-state index in [9.17, 15) is 0 Å². The molecule has 0 saturated heterocycles. The molecule has 0 aliphatic carbocycles. The Balaban J connectivity index is 2.02. The number of hydrogen-bond acceptors (Lipinski definition) is 3. The van der Waals surface area contributed by atoms with Gasteiger partial charge in [0.15, 0.2) is 0 Å². The number of aromatic nitrogens is 2. The lowest BCUT2D eigenvalue weighted by Crippen LogP contribution is -2.07. The molecule has 15 heavy (non-hydrogen) atoms. The molecule has 0 amide bonds. The molecule has 4 nitrogen and oxygen atoms in total. The fraction of sp³-hybridized carbons (Fsp3) is 0.364. The van der Waals surface area contributed by atoms with Crippen molar-refractivity contribution < 1.29 is 4.42 Å². The summed E-state index contributed by atoms with van der Waals surface area (Å²) < 4.78 is 7.32. The van der Waals surface area contributed by atoms with E-state index in [2.05, 4.69) is 4.98 Å². The lowest BCUT2D eigenvalue weighted by molar-refractivity contribution is 0.506. The first kappa shape index (κ1) is 9.98. The molecule has 2 N–H and O–H groups in total. The van der Waals surface area contributed by atoms with E-state index in [1.807, 2.05) is 29.9 Å². The highest BCUT2D eigenvalue weighted by molar-refractivity contribution is 5.08. The number of rotatable bonds is 4. The summed E-state index contributed by atoms with van der Waals surface area (Å²) in [6.45, 7) is 0.483. The van der Waals surface area contributed by atoms with Gasteiger partial charge in [0, 0.05) is 25.4 Å². The summed E-state index contributed by atoms with van der Waals surface area (Å²) in [5.74, 6) is 1.93. The minimum atomic E-state index is 0.483. The van der Waals surface area contributed by atoms with Crippen molar-refractivity contribution in [1.82, 2.24) is 9.55 Å². The molecule has 0 aliphatic heterocycles. The van der Waals surface area contributed by atoms with Crippen LogP contribution in [0.3, 0.4) is 0 Å². The number of nitrogens with two attached hydrogens (primary N) is 1. The fourth-order valence-electron chi connectivity index (χ4n) is 1.62. The molecule has 0 aromatic carbocycles. The van der Waals surface area contributed by atoms with Crippen molar-refractivity contribution in [3.63, 3.8) is 0 Å². The van der Waals surface area contributed by atoms with E-state index in [1.54, 1.807) is 6.26 Å². The lowest BCUT2D eigenvalue weighted by Gasteiger charge is -2.03. The van der Waals surface area contributed by atoms with Crippen LogP contribution in [-0.4, -0.2) is 9.55 Å². The van der Waals surface area contributed by atoms with Crippen LogP contribution in [-0.2, 0) is 26.4 Å². The van der Waals surface area contributed by atoms with Crippen LogP contribution < -0.4 is 5.73 Å². The van der Waals surface area contributed by atoms with Gasteiger partial charge in [-0.2, -0.15) is 0 Å². The third kappa shape index (κ3) is 2.10. The van der Waals surface area contributed by atoms with Crippen LogP contribution in [0.25, 0.3) is 0 Å². The summed E-state index contributed by atoms with van der Waals surface area (Å²) in [5, 5.41) is 0. The standard InChI is InChI=1S/C11H15N3O/c1-14-9(8-13-11(14)7-12)4-5-10-3-2-6-15-10/h2-3,6,8H,4-5,7,12H2,1H3. The zero-order valence-corrected chi connectivity index (χ0v) is 8.81. The molecule has 2 aromatic heterocycles. The average Bonchev–Trinajstić information content (AvgIpc) is 2.85. The smallest absolute Gasteiger partial charge is 0.122 e. The van der Waals surface area contributed by atoms with Crippen LogP contribution in [0.4, 0.5) is 0 Å². The van der Waals surface area contributed by atoms with E-state index in [0.717, 1.165) is 24.4 Å². The minimum Gasteiger partial charge on any atom is -0.469 e. The van der Waals surface area contributed by atoms with Gasteiger partial charge in [0.1, 0.15) is 11.6 Å². The average molecular weight is 205 g/mol. The van der Waals surface area contributed by atoms with Gasteiger partial charge in [0.05, 0.1) is 12.8 Å². The molecule has 0 fully saturated rings. The van der Waals surface area contributed by atoms with E-state index < -0.39 is 0 Å². The van der Waals surface area contributed by atoms with E-state index in [-0.39, 0.29) is 0 Å². The van der Waals surface area contributed by atoms with Gasteiger partial charge in [-0.05, 0) is 18.6 Å². The molecule has 0 saturated carbocycles. The molecule has 80 valence electrons. The van der Waals surface area contributed by atoms with Crippen molar-refractivity contribution in [2.45, 2.75) is 19.4 Å². The van der Waals surface area contributed by atoms with E-state index in [4.69, 9.17) is 10.2 Å². The third-order valence-corrected chi connectivity index (χ3v) is 2.57. The van der Waals surface area contributed by atoms with Crippen LogP contribution in [0.15, 0.2) is 29.0 Å². The van der Waals surface area contributed by atoms with Crippen LogP contribution >= 0.6 is 0 Å². The van der Waals surface area contributed by atoms with Crippen molar-refractivity contribution in [3.8, 4) is 0 Å². The number of furan rings is 1. The van der Waals surface area contributed by atoms with Gasteiger partial charge < -0.3 is 14.7 Å². The largest absolute Gasteiger partial charge is 0.469 e. The molecule has 2 rings (SSSR count). The Morgan fingerprint density at radius 3 is 2.93 bits per heavy atom. The Bertz CT molecular complexity index is 417. The third-order valence-electron chi connectivity index (χ3n) is 2.57. The van der Waals surface area contributed by atoms with Crippen molar-refractivity contribution in [2.75, 3.05) is 0 Å². The molecule has 2 heterocycles. The van der Waals surface area contributed by atoms with Crippen molar-refractivity contribution in [2.24, 2.45) is 12.8 Å². The second-order valence-electron chi connectivity index (χ2n) is 3.51. The second kappa shape index (κ2) is 4.31. The van der Waals surface area contributed by atoms with Crippen LogP contribution in [0.1, 0.15) is 17.3 Å². The Morgan fingerprint density at radius 1 is 1.47 bits per heavy atom. The van der Waals surface area contributed by atoms with Crippen LogP contribution in [0.2, 0.25) is 0 Å². The molecular formula is C11H15N3O. The highest BCUT2D eigenvalue weighted by atomic mass is 16.3. The number of aryl methyl sites for hydroxylation is 2. The summed E-state index contributed by atoms with van der Waals surface area (Å²) in [6, 6.07) is 3.89. The van der Waals surface area contributed by atoms with Crippen LogP contribution in [0.5, 0.6) is 0 Å². The van der Waals surface area contributed by atoms with E-state index in [0.29, 0.717) is 6.54 Å². The summed E-state index contributed by atoms with van der Waals surface area (Å²) in [4.78, 5) is 4.24. The van der Waals surface area contributed by atoms with Crippen molar-refractivity contribution in [3.05, 3.63) is 41.9 Å². The number of hydrogen-bond donors (Lipinski definition) is 1. The predicted octanol–water partition coefficient (Wildman–Crippen LogP) is 1.26. The molecule has 0 bridgehead atoms. The Labute approximate surface area is 88.7 Å². The monoisotopic (exact) mass is 205 g/mol. The van der Waals surface area contributed by atoms with Crippen molar-refractivity contribution >= 4 is 0 Å². The number of imidazole rings is 1. The molecule has 0 radical (unpaired) electrons. The maximum atomic E-state index is 5.55. The summed E-state index contributed by atoms with van der Waals surface area (Å²) in [7, 11) is 1.99. The van der Waals surface area contributed by atoms with Gasteiger partial charge in [0.2, 0.25) is 0 Å². The first-order valence-corrected chi connectivity index (χ1v) is 5.03. The SMILES string of the molecule is Cn1c(CCc2ccco2)cnc1CN. The zero-order valence-electron chi connectivity index (χ0n) is 8.81. The molecule has 0 spiro atoms. The minimum absolute atomic E-state index is 0.483. The maximum absolute atomic E-state index is 5.55. The number of nitrogens with zero attached hydrogens (tertiary/aromatic N) is 2. The summed E-state index contributed by atoms with van der Waals surface area (Å²) in [5.41, 5.74) is 6.74. The lowest BCUT2D eigenvalue weighted by atomic mass is 10.2. The highest BCUT2D eigenvalue weighted by Crippen LogP contribution is 2.08. The zero-order chi connectivity index (χ0) is 10.7. The molecule has 2 aromatic rings. The van der Waals surface area contributed by atoms with Gasteiger partial charge in [-0.3, -0.25) is 0 Å². The van der Waals surface area contributed by atoms with E-state index in [1.165, 1.54) is 5.69 Å². The van der Waals surface area contributed by atoms with Gasteiger partial charge in [-0.15, -0.1) is 0 Å². The highest BCUT2D eigenvalue weighted by Gasteiger charge is 2.05. The molecule has 0 aliphatic rings. The second-order valence-corrected chi connectivity index (χ2v) is 3.51. The predicted molar refractivity (Wildman–Crippen MR) is 57.2 cm³/mol.